The molecule has 7 nitrogen and oxygen atoms in total. The molecule has 0 saturated heterocycles. The van der Waals surface area contributed by atoms with E-state index in [4.69, 9.17) is 4.74 Å². The summed E-state index contributed by atoms with van der Waals surface area (Å²) >= 11 is 1.30. The lowest BCUT2D eigenvalue weighted by Gasteiger charge is -2.27. The summed E-state index contributed by atoms with van der Waals surface area (Å²) in [7, 11) is 1.60. The first-order valence-electron chi connectivity index (χ1n) is 9.21. The number of ether oxygens (including phenoxy) is 1. The van der Waals surface area contributed by atoms with Gasteiger partial charge in [0.05, 0.1) is 20.3 Å². The molecule has 1 heterocycles. The maximum Gasteiger partial charge on any atom is 0.286 e. The van der Waals surface area contributed by atoms with Crippen molar-refractivity contribution in [3.05, 3.63) is 34.3 Å². The summed E-state index contributed by atoms with van der Waals surface area (Å²) < 4.78 is 5.11. The number of carbonyl (C=O) groups excluding carboxylic acids is 1. The quantitative estimate of drug-likeness (QED) is 0.721. The lowest BCUT2D eigenvalue weighted by Crippen LogP contribution is -2.35. The van der Waals surface area contributed by atoms with Crippen molar-refractivity contribution in [2.24, 2.45) is 5.92 Å². The highest BCUT2D eigenvalue weighted by molar-refractivity contribution is 7.13. The van der Waals surface area contributed by atoms with Crippen molar-refractivity contribution in [3.8, 4) is 5.75 Å². The Balaban J connectivity index is 1.61. The minimum absolute atomic E-state index is 0.120. The first-order valence-corrected chi connectivity index (χ1v) is 10.0. The number of aliphatic hydroxyl groups is 1. The van der Waals surface area contributed by atoms with Crippen LogP contribution in [0, 0.1) is 5.92 Å². The number of aliphatic hydroxyl groups excluding tert-OH is 1. The van der Waals surface area contributed by atoms with Gasteiger partial charge in [-0.25, -0.2) is 0 Å². The number of anilines is 1. The van der Waals surface area contributed by atoms with Crippen molar-refractivity contribution in [2.75, 3.05) is 25.6 Å². The predicted octanol–water partition coefficient (Wildman–Crippen LogP) is 2.78. The minimum Gasteiger partial charge on any atom is -0.497 e. The number of amides is 1. The fourth-order valence-corrected chi connectivity index (χ4v) is 4.23. The zero-order valence-corrected chi connectivity index (χ0v) is 16.5. The third-order valence-corrected chi connectivity index (χ3v) is 5.82. The molecule has 3 rings (SSSR count). The van der Waals surface area contributed by atoms with Crippen LogP contribution in [0.2, 0.25) is 0 Å². The van der Waals surface area contributed by atoms with Crippen LogP contribution in [0.3, 0.4) is 0 Å². The fourth-order valence-electron chi connectivity index (χ4n) is 3.47. The second kappa shape index (κ2) is 9.25. The van der Waals surface area contributed by atoms with E-state index in [9.17, 15) is 9.90 Å². The van der Waals surface area contributed by atoms with E-state index in [1.54, 1.807) is 31.4 Å². The monoisotopic (exact) mass is 390 g/mol. The van der Waals surface area contributed by atoms with Crippen molar-refractivity contribution in [1.82, 2.24) is 15.1 Å². The van der Waals surface area contributed by atoms with Gasteiger partial charge in [0.2, 0.25) is 5.01 Å². The van der Waals surface area contributed by atoms with E-state index in [0.717, 1.165) is 29.5 Å². The van der Waals surface area contributed by atoms with E-state index >= 15 is 0 Å². The summed E-state index contributed by atoms with van der Waals surface area (Å²) in [6.07, 6.45) is 3.51. The maximum absolute atomic E-state index is 12.4. The van der Waals surface area contributed by atoms with Gasteiger partial charge in [-0.3, -0.25) is 9.69 Å². The summed E-state index contributed by atoms with van der Waals surface area (Å²) in [5, 5.41) is 21.6. The number of nitrogens with zero attached hydrogens (tertiary/aromatic N) is 3. The number of hydrogen-bond acceptors (Lipinski definition) is 7. The van der Waals surface area contributed by atoms with Crippen LogP contribution in [-0.4, -0.2) is 52.4 Å². The molecular formula is C19H26N4O3S. The Morgan fingerprint density at radius 2 is 2.11 bits per heavy atom. The molecule has 1 fully saturated rings. The molecule has 0 aliphatic heterocycles. The molecular weight excluding hydrogens is 364 g/mol. The molecule has 0 spiro atoms. The standard InChI is InChI=1S/C19H26N4O3S/c1-13-3-6-15(11-13)23(9-10-24)12-17-21-22-19(27-17)18(25)20-14-4-7-16(26-2)8-5-14/h4-5,7-8,13,15,24H,3,6,9-12H2,1-2H3,(H,20,25)/t13-,15-/m0/s1. The molecule has 146 valence electrons. The minimum atomic E-state index is -0.271. The second-order valence-corrected chi connectivity index (χ2v) is 8.01. The molecule has 0 radical (unpaired) electrons. The van der Waals surface area contributed by atoms with Crippen molar-refractivity contribution < 1.29 is 14.6 Å². The van der Waals surface area contributed by atoms with Crippen molar-refractivity contribution in [1.29, 1.82) is 0 Å². The van der Waals surface area contributed by atoms with Gasteiger partial charge in [-0.05, 0) is 49.4 Å². The highest BCUT2D eigenvalue weighted by Crippen LogP contribution is 2.30. The van der Waals surface area contributed by atoms with Gasteiger partial charge >= 0.3 is 0 Å². The lowest BCUT2D eigenvalue weighted by molar-refractivity contribution is 0.102. The molecule has 1 amide bonds. The summed E-state index contributed by atoms with van der Waals surface area (Å²) in [5.41, 5.74) is 0.680. The van der Waals surface area contributed by atoms with Crippen LogP contribution in [0.25, 0.3) is 0 Å². The number of aromatic nitrogens is 2. The first-order chi connectivity index (χ1) is 13.1. The number of carbonyl (C=O) groups is 1. The van der Waals surface area contributed by atoms with Crippen LogP contribution in [0.15, 0.2) is 24.3 Å². The van der Waals surface area contributed by atoms with Crippen molar-refractivity contribution in [3.63, 3.8) is 0 Å². The van der Waals surface area contributed by atoms with Crippen LogP contribution in [0.5, 0.6) is 5.75 Å². The van der Waals surface area contributed by atoms with Gasteiger partial charge in [0.1, 0.15) is 10.8 Å². The van der Waals surface area contributed by atoms with E-state index < -0.39 is 0 Å². The molecule has 2 atom stereocenters. The van der Waals surface area contributed by atoms with E-state index in [-0.39, 0.29) is 12.5 Å². The van der Waals surface area contributed by atoms with E-state index in [0.29, 0.717) is 29.8 Å². The second-order valence-electron chi connectivity index (χ2n) is 6.95. The summed E-state index contributed by atoms with van der Waals surface area (Å²) in [5.74, 6) is 1.18. The summed E-state index contributed by atoms with van der Waals surface area (Å²) in [4.78, 5) is 14.7. The smallest absolute Gasteiger partial charge is 0.286 e. The van der Waals surface area contributed by atoms with Gasteiger partial charge in [0.25, 0.3) is 5.91 Å². The number of nitrogens with one attached hydrogen (secondary N) is 1. The largest absolute Gasteiger partial charge is 0.497 e. The molecule has 2 aromatic rings. The van der Waals surface area contributed by atoms with Crippen LogP contribution >= 0.6 is 11.3 Å². The molecule has 0 unspecified atom stereocenters. The van der Waals surface area contributed by atoms with E-state index in [1.807, 2.05) is 0 Å². The van der Waals surface area contributed by atoms with Gasteiger partial charge in [-0.2, -0.15) is 0 Å². The zero-order valence-electron chi connectivity index (χ0n) is 15.7. The Kier molecular flexibility index (Phi) is 6.76. The molecule has 1 aliphatic rings. The molecule has 1 aliphatic carbocycles. The number of hydrogen-bond donors (Lipinski definition) is 2. The Hall–Kier alpha value is -2.03. The van der Waals surface area contributed by atoms with Crippen LogP contribution < -0.4 is 10.1 Å². The molecule has 27 heavy (non-hydrogen) atoms. The maximum atomic E-state index is 12.4. The van der Waals surface area contributed by atoms with Gasteiger partial charge in [-0.1, -0.05) is 18.3 Å². The van der Waals surface area contributed by atoms with Gasteiger partial charge in [0.15, 0.2) is 0 Å². The number of benzene rings is 1. The average molecular weight is 391 g/mol. The first kappa shape index (κ1) is 19.7. The summed E-state index contributed by atoms with van der Waals surface area (Å²) in [6, 6.07) is 7.60. The number of methoxy groups -OCH3 is 1. The Bertz CT molecular complexity index is 750. The SMILES string of the molecule is COc1ccc(NC(=O)c2nnc(CN(CCO)[C@H]3CC[C@H](C)C3)s2)cc1. The number of rotatable bonds is 8. The van der Waals surface area contributed by atoms with Crippen molar-refractivity contribution in [2.45, 2.75) is 38.8 Å². The average Bonchev–Trinajstić information content (AvgIpc) is 3.31. The predicted molar refractivity (Wildman–Crippen MR) is 105 cm³/mol. The van der Waals surface area contributed by atoms with Crippen LogP contribution in [-0.2, 0) is 6.54 Å². The highest BCUT2D eigenvalue weighted by atomic mass is 32.1. The normalized spacial score (nSPS) is 19.4. The Morgan fingerprint density at radius 1 is 1.33 bits per heavy atom. The van der Waals surface area contributed by atoms with Gasteiger partial charge in [0, 0.05) is 18.3 Å². The third-order valence-electron chi connectivity index (χ3n) is 4.92. The van der Waals surface area contributed by atoms with Gasteiger partial charge < -0.3 is 15.2 Å². The molecule has 2 N–H and O–H groups in total. The molecule has 8 heteroatoms. The topological polar surface area (TPSA) is 87.6 Å². The Labute approximate surface area is 163 Å². The third kappa shape index (κ3) is 5.24. The molecule has 1 aromatic carbocycles. The van der Waals surface area contributed by atoms with Gasteiger partial charge in [-0.15, -0.1) is 10.2 Å². The Morgan fingerprint density at radius 3 is 2.74 bits per heavy atom. The highest BCUT2D eigenvalue weighted by Gasteiger charge is 2.27. The fraction of sp³-hybridized carbons (Fsp3) is 0.526. The molecule has 1 saturated carbocycles. The summed E-state index contributed by atoms with van der Waals surface area (Å²) in [6.45, 7) is 3.62. The van der Waals surface area contributed by atoms with Crippen LogP contribution in [0.1, 0.15) is 41.0 Å². The zero-order chi connectivity index (χ0) is 19.2. The molecule has 1 aromatic heterocycles. The van der Waals surface area contributed by atoms with E-state index in [2.05, 4.69) is 27.3 Å². The lowest BCUT2D eigenvalue weighted by atomic mass is 10.1. The van der Waals surface area contributed by atoms with Crippen molar-refractivity contribution >= 4 is 22.9 Å². The van der Waals surface area contributed by atoms with Crippen LogP contribution in [0.4, 0.5) is 5.69 Å². The molecule has 0 bridgehead atoms. The van der Waals surface area contributed by atoms with E-state index in [1.165, 1.54) is 17.8 Å².